The minimum absolute atomic E-state index is 0.0471. The normalized spacial score (nSPS) is 21.4. The number of rotatable bonds is 3. The molecule has 0 spiro atoms. The van der Waals surface area contributed by atoms with Crippen LogP contribution in [0.25, 0.3) is 10.8 Å². The van der Waals surface area contributed by atoms with E-state index in [0.29, 0.717) is 0 Å². The third kappa shape index (κ3) is 2.34. The van der Waals surface area contributed by atoms with Gasteiger partial charge in [0.05, 0.1) is 14.2 Å². The Kier molecular flexibility index (Phi) is 3.30. The molecular formula is C17H21NO3. The van der Waals surface area contributed by atoms with Gasteiger partial charge < -0.3 is 9.47 Å². The van der Waals surface area contributed by atoms with E-state index in [1.807, 2.05) is 35.4 Å². The smallest absolute Gasteiger partial charge is 0.184 e. The van der Waals surface area contributed by atoms with Gasteiger partial charge in [-0.15, -0.1) is 5.06 Å². The van der Waals surface area contributed by atoms with Gasteiger partial charge in [-0.2, -0.15) is 0 Å². The highest BCUT2D eigenvalue weighted by Crippen LogP contribution is 2.49. The maximum absolute atomic E-state index is 5.76. The summed E-state index contributed by atoms with van der Waals surface area (Å²) in [7, 11) is 3.38. The first kappa shape index (κ1) is 14.2. The topological polar surface area (TPSA) is 34.0 Å². The monoisotopic (exact) mass is 287 g/mol. The highest BCUT2D eigenvalue weighted by atomic mass is 16.8. The van der Waals surface area contributed by atoms with E-state index in [2.05, 4.69) is 20.8 Å². The minimum Gasteiger partial charge on any atom is -0.496 e. The highest BCUT2D eigenvalue weighted by Gasteiger charge is 2.47. The van der Waals surface area contributed by atoms with Crippen molar-refractivity contribution in [2.24, 2.45) is 0 Å². The number of hydrogen-bond acceptors (Lipinski definition) is 4. The van der Waals surface area contributed by atoms with E-state index in [1.54, 1.807) is 14.2 Å². The second-order valence-electron chi connectivity index (χ2n) is 6.20. The predicted octanol–water partition coefficient (Wildman–Crippen LogP) is 3.90. The van der Waals surface area contributed by atoms with E-state index in [0.717, 1.165) is 27.8 Å². The molecule has 112 valence electrons. The van der Waals surface area contributed by atoms with Crippen molar-refractivity contribution in [1.29, 1.82) is 0 Å². The summed E-state index contributed by atoms with van der Waals surface area (Å²) in [5.74, 6) is 1.69. The van der Waals surface area contributed by atoms with Crippen molar-refractivity contribution < 1.29 is 14.3 Å². The number of methoxy groups -OCH3 is 2. The Morgan fingerprint density at radius 3 is 2.24 bits per heavy atom. The second-order valence-corrected chi connectivity index (χ2v) is 6.20. The average molecular weight is 287 g/mol. The Balaban J connectivity index is 2.15. The van der Waals surface area contributed by atoms with E-state index in [1.165, 1.54) is 0 Å². The van der Waals surface area contributed by atoms with Crippen LogP contribution in [0.2, 0.25) is 0 Å². The lowest BCUT2D eigenvalue weighted by atomic mass is 10.0. The van der Waals surface area contributed by atoms with Gasteiger partial charge in [0.15, 0.2) is 6.23 Å². The average Bonchev–Trinajstić information content (AvgIpc) is 3.25. The molecule has 0 bridgehead atoms. The van der Waals surface area contributed by atoms with Crippen molar-refractivity contribution in [3.63, 3.8) is 0 Å². The summed E-state index contributed by atoms with van der Waals surface area (Å²) in [6, 6.07) is 10.1. The zero-order chi connectivity index (χ0) is 15.2. The first-order valence-corrected chi connectivity index (χ1v) is 7.07. The van der Waals surface area contributed by atoms with Gasteiger partial charge in [0.25, 0.3) is 0 Å². The van der Waals surface area contributed by atoms with Crippen molar-refractivity contribution in [2.75, 3.05) is 14.2 Å². The molecule has 1 heterocycles. The molecule has 2 atom stereocenters. The first-order valence-electron chi connectivity index (χ1n) is 7.07. The van der Waals surface area contributed by atoms with Crippen molar-refractivity contribution in [3.05, 3.63) is 35.9 Å². The van der Waals surface area contributed by atoms with Crippen molar-refractivity contribution >= 4 is 10.8 Å². The van der Waals surface area contributed by atoms with E-state index >= 15 is 0 Å². The zero-order valence-electron chi connectivity index (χ0n) is 13.1. The fourth-order valence-corrected chi connectivity index (χ4v) is 2.69. The Labute approximate surface area is 125 Å². The van der Waals surface area contributed by atoms with Crippen LogP contribution in [0.15, 0.2) is 30.3 Å². The van der Waals surface area contributed by atoms with Crippen LogP contribution in [-0.4, -0.2) is 24.8 Å². The van der Waals surface area contributed by atoms with Crippen LogP contribution in [0.5, 0.6) is 11.5 Å². The van der Waals surface area contributed by atoms with Crippen molar-refractivity contribution in [3.8, 4) is 11.5 Å². The molecular weight excluding hydrogens is 266 g/mol. The molecule has 0 amide bonds. The summed E-state index contributed by atoms with van der Waals surface area (Å²) in [6.07, 6.45) is -0.0848. The lowest BCUT2D eigenvalue weighted by Crippen LogP contribution is -2.25. The number of benzene rings is 2. The molecule has 0 aromatic heterocycles. The van der Waals surface area contributed by atoms with E-state index < -0.39 is 0 Å². The molecule has 1 unspecified atom stereocenters. The highest BCUT2D eigenvalue weighted by molar-refractivity contribution is 5.94. The fraction of sp³-hybridized carbons (Fsp3) is 0.412. The Hall–Kier alpha value is -1.78. The van der Waals surface area contributed by atoms with E-state index in [4.69, 9.17) is 14.3 Å². The molecule has 4 nitrogen and oxygen atoms in total. The summed E-state index contributed by atoms with van der Waals surface area (Å²) in [5, 5.41) is 4.06. The quantitative estimate of drug-likeness (QED) is 0.802. The summed E-state index contributed by atoms with van der Waals surface area (Å²) in [5.41, 5.74) is 0.956. The van der Waals surface area contributed by atoms with E-state index in [-0.39, 0.29) is 11.8 Å². The molecule has 0 aliphatic carbocycles. The molecule has 2 aromatic rings. The summed E-state index contributed by atoms with van der Waals surface area (Å²) in [4.78, 5) is 5.76. The van der Waals surface area contributed by atoms with Gasteiger partial charge >= 0.3 is 0 Å². The molecule has 1 aliphatic rings. The molecule has 0 saturated carbocycles. The third-order valence-electron chi connectivity index (χ3n) is 3.72. The molecule has 1 saturated heterocycles. The van der Waals surface area contributed by atoms with Gasteiger partial charge in [0, 0.05) is 21.9 Å². The van der Waals surface area contributed by atoms with Crippen molar-refractivity contribution in [1.82, 2.24) is 5.06 Å². The van der Waals surface area contributed by atoms with Crippen LogP contribution in [0.3, 0.4) is 0 Å². The van der Waals surface area contributed by atoms with Crippen molar-refractivity contribution in [2.45, 2.75) is 32.5 Å². The number of nitrogens with zero attached hydrogens (tertiary/aromatic N) is 1. The Bertz CT molecular complexity index is 676. The fourth-order valence-electron chi connectivity index (χ4n) is 2.69. The van der Waals surface area contributed by atoms with Gasteiger partial charge in [-0.25, -0.2) is 0 Å². The molecule has 1 fully saturated rings. The van der Waals surface area contributed by atoms with Crippen LogP contribution in [0.1, 0.15) is 32.6 Å². The standard InChI is InChI=1S/C17H21NO3/c1-17(2,3)18-16(21-18)13-10-14(19-4)11-8-6-7-9-12(11)15(13)20-5/h6-10,16H,1-5H3/t16-,18?/m1/s1. The Morgan fingerprint density at radius 1 is 1.05 bits per heavy atom. The molecule has 1 aliphatic heterocycles. The molecule has 3 rings (SSSR count). The van der Waals surface area contributed by atoms with Gasteiger partial charge in [-0.3, -0.25) is 4.84 Å². The summed E-state index contributed by atoms with van der Waals surface area (Å²) >= 11 is 0. The number of fused-ring (bicyclic) bond motifs is 1. The van der Waals surface area contributed by atoms with Crippen LogP contribution in [0, 0.1) is 0 Å². The van der Waals surface area contributed by atoms with Crippen LogP contribution < -0.4 is 9.47 Å². The lowest BCUT2D eigenvalue weighted by Gasteiger charge is -2.18. The molecule has 4 heteroatoms. The summed E-state index contributed by atoms with van der Waals surface area (Å²) in [6.45, 7) is 6.37. The van der Waals surface area contributed by atoms with Gasteiger partial charge in [-0.1, -0.05) is 24.3 Å². The maximum atomic E-state index is 5.76. The lowest BCUT2D eigenvalue weighted by molar-refractivity contribution is 0.101. The van der Waals surface area contributed by atoms with Gasteiger partial charge in [0.2, 0.25) is 0 Å². The van der Waals surface area contributed by atoms with Gasteiger partial charge in [-0.05, 0) is 26.8 Å². The first-order chi connectivity index (χ1) is 9.97. The molecule has 0 N–H and O–H groups in total. The van der Waals surface area contributed by atoms with Crippen LogP contribution >= 0.6 is 0 Å². The summed E-state index contributed by atoms with van der Waals surface area (Å²) < 4.78 is 11.2. The molecule has 21 heavy (non-hydrogen) atoms. The Morgan fingerprint density at radius 2 is 1.71 bits per heavy atom. The van der Waals surface area contributed by atoms with Gasteiger partial charge in [0.1, 0.15) is 11.5 Å². The third-order valence-corrected chi connectivity index (χ3v) is 3.72. The SMILES string of the molecule is COc1cc([C@H]2ON2C(C)(C)C)c(OC)c2ccccc12. The number of hydroxylamine groups is 2. The largest absolute Gasteiger partial charge is 0.496 e. The van der Waals surface area contributed by atoms with E-state index in [9.17, 15) is 0 Å². The molecule has 0 radical (unpaired) electrons. The van der Waals surface area contributed by atoms with Crippen LogP contribution in [-0.2, 0) is 4.84 Å². The second kappa shape index (κ2) is 4.90. The molecule has 2 aromatic carbocycles. The zero-order valence-corrected chi connectivity index (χ0v) is 13.1. The predicted molar refractivity (Wildman–Crippen MR) is 82.5 cm³/mol. The van der Waals surface area contributed by atoms with Crippen LogP contribution in [0.4, 0.5) is 0 Å². The maximum Gasteiger partial charge on any atom is 0.184 e. The number of hydrogen-bond donors (Lipinski definition) is 0. The number of ether oxygens (including phenoxy) is 2. The minimum atomic E-state index is -0.0848.